The van der Waals surface area contributed by atoms with E-state index in [1.807, 2.05) is 0 Å². The minimum Gasteiger partial charge on any atom is -0.326 e. The standard InChI is InChI=1S/C13H20N4O3S/c1-2-13(18)15-11-3-5-12(6-4-11)16-21(19,20)17-9-7-14-8-10-17/h3-6,14,16H,2,7-10H2,1H3,(H,15,18). The molecule has 1 fully saturated rings. The maximum absolute atomic E-state index is 12.2. The van der Waals surface area contributed by atoms with Crippen LogP contribution in [0.5, 0.6) is 0 Å². The van der Waals surface area contributed by atoms with Gasteiger partial charge in [0.05, 0.1) is 0 Å². The fourth-order valence-electron chi connectivity index (χ4n) is 1.97. The normalized spacial score (nSPS) is 16.4. The second kappa shape index (κ2) is 6.88. The molecule has 0 spiro atoms. The molecule has 1 saturated heterocycles. The molecule has 1 heterocycles. The van der Waals surface area contributed by atoms with Crippen LogP contribution in [0.25, 0.3) is 0 Å². The van der Waals surface area contributed by atoms with E-state index in [-0.39, 0.29) is 5.91 Å². The summed E-state index contributed by atoms with van der Waals surface area (Å²) in [4.78, 5) is 11.3. The molecule has 21 heavy (non-hydrogen) atoms. The molecule has 0 aromatic heterocycles. The van der Waals surface area contributed by atoms with Gasteiger partial charge >= 0.3 is 10.2 Å². The molecule has 0 bridgehead atoms. The largest absolute Gasteiger partial charge is 0.326 e. The molecule has 116 valence electrons. The van der Waals surface area contributed by atoms with E-state index < -0.39 is 10.2 Å². The number of piperazine rings is 1. The van der Waals surface area contributed by atoms with Gasteiger partial charge in [-0.25, -0.2) is 0 Å². The summed E-state index contributed by atoms with van der Waals surface area (Å²) in [5.41, 5.74) is 1.12. The van der Waals surface area contributed by atoms with E-state index in [2.05, 4.69) is 15.4 Å². The van der Waals surface area contributed by atoms with Crippen molar-refractivity contribution in [3.05, 3.63) is 24.3 Å². The van der Waals surface area contributed by atoms with Gasteiger partial charge in [0, 0.05) is 44.0 Å². The quantitative estimate of drug-likeness (QED) is 0.742. The smallest absolute Gasteiger partial charge is 0.301 e. The van der Waals surface area contributed by atoms with Crippen molar-refractivity contribution in [3.8, 4) is 0 Å². The van der Waals surface area contributed by atoms with Crippen LogP contribution < -0.4 is 15.4 Å². The van der Waals surface area contributed by atoms with Gasteiger partial charge in [0.25, 0.3) is 0 Å². The zero-order chi connectivity index (χ0) is 15.3. The highest BCUT2D eigenvalue weighted by atomic mass is 32.2. The maximum Gasteiger partial charge on any atom is 0.301 e. The number of nitrogens with zero attached hydrogens (tertiary/aromatic N) is 1. The Bertz CT molecular complexity index is 580. The summed E-state index contributed by atoms with van der Waals surface area (Å²) in [6.07, 6.45) is 0.400. The maximum atomic E-state index is 12.2. The number of amides is 1. The number of carbonyl (C=O) groups excluding carboxylic acids is 1. The number of rotatable bonds is 5. The van der Waals surface area contributed by atoms with Crippen molar-refractivity contribution in [2.75, 3.05) is 36.2 Å². The zero-order valence-electron chi connectivity index (χ0n) is 11.9. The first-order valence-corrected chi connectivity index (χ1v) is 8.34. The lowest BCUT2D eigenvalue weighted by Crippen LogP contribution is -2.48. The molecule has 1 aliphatic heterocycles. The summed E-state index contributed by atoms with van der Waals surface area (Å²) >= 11 is 0. The Balaban J connectivity index is 2.00. The number of carbonyl (C=O) groups is 1. The third kappa shape index (κ3) is 4.42. The minimum absolute atomic E-state index is 0.0795. The summed E-state index contributed by atoms with van der Waals surface area (Å²) in [5.74, 6) is -0.0795. The fraction of sp³-hybridized carbons (Fsp3) is 0.462. The van der Waals surface area contributed by atoms with Crippen LogP contribution in [0.4, 0.5) is 11.4 Å². The number of hydrogen-bond donors (Lipinski definition) is 3. The van der Waals surface area contributed by atoms with Crippen LogP contribution in [0.15, 0.2) is 24.3 Å². The van der Waals surface area contributed by atoms with E-state index in [1.165, 1.54) is 4.31 Å². The predicted octanol–water partition coefficient (Wildman–Crippen LogP) is 0.597. The van der Waals surface area contributed by atoms with Crippen LogP contribution in [-0.4, -0.2) is 44.8 Å². The fourth-order valence-corrected chi connectivity index (χ4v) is 3.20. The van der Waals surface area contributed by atoms with Crippen molar-refractivity contribution in [1.29, 1.82) is 0 Å². The van der Waals surface area contributed by atoms with Crippen molar-refractivity contribution in [2.24, 2.45) is 0 Å². The van der Waals surface area contributed by atoms with Crippen molar-refractivity contribution < 1.29 is 13.2 Å². The van der Waals surface area contributed by atoms with Crippen LogP contribution in [0.2, 0.25) is 0 Å². The van der Waals surface area contributed by atoms with Crippen LogP contribution in [0.3, 0.4) is 0 Å². The van der Waals surface area contributed by atoms with Gasteiger partial charge < -0.3 is 10.6 Å². The van der Waals surface area contributed by atoms with Crippen LogP contribution >= 0.6 is 0 Å². The SMILES string of the molecule is CCC(=O)Nc1ccc(NS(=O)(=O)N2CCNCC2)cc1. The van der Waals surface area contributed by atoms with E-state index in [9.17, 15) is 13.2 Å². The molecular weight excluding hydrogens is 292 g/mol. The first-order chi connectivity index (χ1) is 10.0. The Hall–Kier alpha value is -1.64. The summed E-state index contributed by atoms with van der Waals surface area (Å²) in [5, 5.41) is 5.82. The highest BCUT2D eigenvalue weighted by Gasteiger charge is 2.23. The highest BCUT2D eigenvalue weighted by molar-refractivity contribution is 7.90. The number of benzene rings is 1. The monoisotopic (exact) mass is 312 g/mol. The summed E-state index contributed by atoms with van der Waals surface area (Å²) in [6.45, 7) is 4.00. The molecule has 2 rings (SSSR count). The number of anilines is 2. The topological polar surface area (TPSA) is 90.5 Å². The average Bonchev–Trinajstić information content (AvgIpc) is 2.50. The van der Waals surface area contributed by atoms with E-state index >= 15 is 0 Å². The van der Waals surface area contributed by atoms with Crippen LogP contribution in [0, 0.1) is 0 Å². The number of hydrogen-bond acceptors (Lipinski definition) is 4. The summed E-state index contributed by atoms with van der Waals surface area (Å²) < 4.78 is 28.3. The Labute approximate surface area is 124 Å². The molecule has 1 aliphatic rings. The molecule has 0 saturated carbocycles. The zero-order valence-corrected chi connectivity index (χ0v) is 12.7. The molecule has 0 aliphatic carbocycles. The van der Waals surface area contributed by atoms with Gasteiger partial charge in [-0.05, 0) is 24.3 Å². The van der Waals surface area contributed by atoms with Gasteiger partial charge in [-0.15, -0.1) is 0 Å². The van der Waals surface area contributed by atoms with Crippen LogP contribution in [-0.2, 0) is 15.0 Å². The molecule has 1 amide bonds. The Morgan fingerprint density at radius 3 is 2.33 bits per heavy atom. The van der Waals surface area contributed by atoms with Gasteiger partial charge in [-0.3, -0.25) is 9.52 Å². The lowest BCUT2D eigenvalue weighted by molar-refractivity contribution is -0.115. The molecule has 3 N–H and O–H groups in total. The van der Waals surface area contributed by atoms with Gasteiger partial charge in [-0.2, -0.15) is 12.7 Å². The van der Waals surface area contributed by atoms with E-state index in [1.54, 1.807) is 31.2 Å². The molecular formula is C13H20N4O3S. The van der Waals surface area contributed by atoms with Gasteiger partial charge in [-0.1, -0.05) is 6.92 Å². The minimum atomic E-state index is -3.52. The predicted molar refractivity (Wildman–Crippen MR) is 82.3 cm³/mol. The van der Waals surface area contributed by atoms with Gasteiger partial charge in [0.1, 0.15) is 0 Å². The lowest BCUT2D eigenvalue weighted by Gasteiger charge is -2.26. The first-order valence-electron chi connectivity index (χ1n) is 6.90. The third-order valence-corrected chi connectivity index (χ3v) is 4.69. The van der Waals surface area contributed by atoms with Gasteiger partial charge in [0.15, 0.2) is 0 Å². The Morgan fingerprint density at radius 2 is 1.76 bits per heavy atom. The van der Waals surface area contributed by atoms with Crippen molar-refractivity contribution in [1.82, 2.24) is 9.62 Å². The Morgan fingerprint density at radius 1 is 1.19 bits per heavy atom. The molecule has 0 radical (unpaired) electrons. The first kappa shape index (κ1) is 15.7. The van der Waals surface area contributed by atoms with Crippen molar-refractivity contribution in [2.45, 2.75) is 13.3 Å². The van der Waals surface area contributed by atoms with Gasteiger partial charge in [0.2, 0.25) is 5.91 Å². The third-order valence-electron chi connectivity index (χ3n) is 3.15. The second-order valence-corrected chi connectivity index (χ2v) is 6.41. The Kier molecular flexibility index (Phi) is 5.16. The van der Waals surface area contributed by atoms with Crippen molar-refractivity contribution >= 4 is 27.5 Å². The summed E-state index contributed by atoms with van der Waals surface area (Å²) in [6, 6.07) is 6.60. The average molecular weight is 312 g/mol. The lowest BCUT2D eigenvalue weighted by atomic mass is 10.3. The number of nitrogens with one attached hydrogen (secondary N) is 3. The highest BCUT2D eigenvalue weighted by Crippen LogP contribution is 2.16. The van der Waals surface area contributed by atoms with E-state index in [4.69, 9.17) is 0 Å². The van der Waals surface area contributed by atoms with Crippen LogP contribution in [0.1, 0.15) is 13.3 Å². The van der Waals surface area contributed by atoms with Crippen molar-refractivity contribution in [3.63, 3.8) is 0 Å². The second-order valence-electron chi connectivity index (χ2n) is 4.74. The molecule has 1 aromatic carbocycles. The van der Waals surface area contributed by atoms with E-state index in [0.29, 0.717) is 44.0 Å². The molecule has 7 nitrogen and oxygen atoms in total. The van der Waals surface area contributed by atoms with E-state index in [0.717, 1.165) is 0 Å². The molecule has 0 atom stereocenters. The molecule has 0 unspecified atom stereocenters. The molecule has 1 aromatic rings. The molecule has 8 heteroatoms. The summed E-state index contributed by atoms with van der Waals surface area (Å²) in [7, 11) is -3.52.